The maximum absolute atomic E-state index is 4.66. The van der Waals surface area contributed by atoms with Gasteiger partial charge in [-0.05, 0) is 51.2 Å². The molecule has 1 unspecified atom stereocenters. The van der Waals surface area contributed by atoms with Crippen LogP contribution in [-0.2, 0) is 6.54 Å². The first-order valence-corrected chi connectivity index (χ1v) is 7.93. The summed E-state index contributed by atoms with van der Waals surface area (Å²) in [7, 11) is 0. The Morgan fingerprint density at radius 1 is 1.35 bits per heavy atom. The number of piperidine rings is 1. The lowest BCUT2D eigenvalue weighted by molar-refractivity contribution is 0.403. The van der Waals surface area contributed by atoms with Gasteiger partial charge in [-0.15, -0.1) is 0 Å². The topological polar surface area (TPSA) is 28.2 Å². The Morgan fingerprint density at radius 2 is 2.15 bits per heavy atom. The molecule has 3 heteroatoms. The molecule has 0 amide bonds. The fourth-order valence-corrected chi connectivity index (χ4v) is 2.68. The number of hydrogen-bond donors (Lipinski definition) is 1. The van der Waals surface area contributed by atoms with Gasteiger partial charge in [-0.25, -0.2) is 4.98 Å². The van der Waals surface area contributed by atoms with E-state index in [-0.39, 0.29) is 5.54 Å². The van der Waals surface area contributed by atoms with Gasteiger partial charge in [-0.3, -0.25) is 0 Å². The summed E-state index contributed by atoms with van der Waals surface area (Å²) in [6.45, 7) is 12.1. The van der Waals surface area contributed by atoms with Gasteiger partial charge >= 0.3 is 0 Å². The van der Waals surface area contributed by atoms with Crippen LogP contribution in [0.25, 0.3) is 0 Å². The van der Waals surface area contributed by atoms with Gasteiger partial charge in [0.25, 0.3) is 0 Å². The zero-order valence-electron chi connectivity index (χ0n) is 13.4. The summed E-state index contributed by atoms with van der Waals surface area (Å²) in [4.78, 5) is 7.10. The summed E-state index contributed by atoms with van der Waals surface area (Å²) in [5.41, 5.74) is 1.41. The Kier molecular flexibility index (Phi) is 5.03. The van der Waals surface area contributed by atoms with Crippen molar-refractivity contribution < 1.29 is 0 Å². The van der Waals surface area contributed by atoms with Crippen molar-refractivity contribution in [2.45, 2.75) is 59.0 Å². The fourth-order valence-electron chi connectivity index (χ4n) is 2.68. The molecule has 112 valence electrons. The molecule has 0 saturated carbocycles. The third kappa shape index (κ3) is 4.48. The van der Waals surface area contributed by atoms with Gasteiger partial charge in [-0.1, -0.05) is 19.4 Å². The lowest BCUT2D eigenvalue weighted by Gasteiger charge is -2.33. The van der Waals surface area contributed by atoms with Crippen LogP contribution in [0.3, 0.4) is 0 Å². The van der Waals surface area contributed by atoms with Gasteiger partial charge in [0, 0.05) is 31.4 Å². The molecular weight excluding hydrogens is 246 g/mol. The molecule has 1 atom stereocenters. The maximum atomic E-state index is 4.66. The molecule has 2 heterocycles. The summed E-state index contributed by atoms with van der Waals surface area (Å²) >= 11 is 0. The van der Waals surface area contributed by atoms with Gasteiger partial charge < -0.3 is 10.2 Å². The van der Waals surface area contributed by atoms with Gasteiger partial charge in [0.1, 0.15) is 5.82 Å². The number of aromatic nitrogens is 1. The number of rotatable bonds is 4. The quantitative estimate of drug-likeness (QED) is 0.910. The first-order valence-electron chi connectivity index (χ1n) is 7.93. The van der Waals surface area contributed by atoms with Crippen LogP contribution in [0, 0.1) is 5.92 Å². The van der Waals surface area contributed by atoms with E-state index in [9.17, 15) is 0 Å². The highest BCUT2D eigenvalue weighted by atomic mass is 15.2. The standard InChI is InChI=1S/C17H29N3/c1-5-14-7-6-10-20(13-14)16-9-8-15(11-18-16)12-19-17(2,3)4/h8-9,11,14,19H,5-7,10,12-13H2,1-4H3. The minimum Gasteiger partial charge on any atom is -0.356 e. The van der Waals surface area contributed by atoms with Crippen molar-refractivity contribution in [1.29, 1.82) is 0 Å². The van der Waals surface area contributed by atoms with Crippen LogP contribution in [-0.4, -0.2) is 23.6 Å². The van der Waals surface area contributed by atoms with Crippen molar-refractivity contribution in [3.8, 4) is 0 Å². The van der Waals surface area contributed by atoms with Crippen molar-refractivity contribution >= 4 is 5.82 Å². The minimum atomic E-state index is 0.153. The van der Waals surface area contributed by atoms with Crippen molar-refractivity contribution in [2.75, 3.05) is 18.0 Å². The second-order valence-electron chi connectivity index (χ2n) is 6.99. The fraction of sp³-hybridized carbons (Fsp3) is 0.706. The van der Waals surface area contributed by atoms with Gasteiger partial charge in [0.2, 0.25) is 0 Å². The number of anilines is 1. The van der Waals surface area contributed by atoms with E-state index in [4.69, 9.17) is 0 Å². The predicted octanol–water partition coefficient (Wildman–Crippen LogP) is 3.60. The van der Waals surface area contributed by atoms with Crippen molar-refractivity contribution in [3.05, 3.63) is 23.9 Å². The zero-order valence-corrected chi connectivity index (χ0v) is 13.4. The highest BCUT2D eigenvalue weighted by Crippen LogP contribution is 2.23. The Morgan fingerprint density at radius 3 is 2.75 bits per heavy atom. The number of pyridine rings is 1. The maximum Gasteiger partial charge on any atom is 0.128 e. The van der Waals surface area contributed by atoms with Crippen LogP contribution in [0.15, 0.2) is 18.3 Å². The van der Waals surface area contributed by atoms with Crippen LogP contribution < -0.4 is 10.2 Å². The Balaban J connectivity index is 1.94. The molecule has 0 spiro atoms. The van der Waals surface area contributed by atoms with Crippen molar-refractivity contribution in [1.82, 2.24) is 10.3 Å². The molecule has 1 fully saturated rings. The third-order valence-corrected chi connectivity index (χ3v) is 4.05. The van der Waals surface area contributed by atoms with Crippen molar-refractivity contribution in [2.24, 2.45) is 5.92 Å². The van der Waals surface area contributed by atoms with E-state index in [2.05, 4.69) is 55.0 Å². The van der Waals surface area contributed by atoms with Gasteiger partial charge in [0.05, 0.1) is 0 Å². The molecule has 1 saturated heterocycles. The molecule has 0 bridgehead atoms. The minimum absolute atomic E-state index is 0.153. The van der Waals surface area contributed by atoms with Gasteiger partial charge in [-0.2, -0.15) is 0 Å². The highest BCUT2D eigenvalue weighted by molar-refractivity contribution is 5.39. The lowest BCUT2D eigenvalue weighted by Crippen LogP contribution is -2.36. The van der Waals surface area contributed by atoms with Crippen LogP contribution in [0.2, 0.25) is 0 Å². The summed E-state index contributed by atoms with van der Waals surface area (Å²) in [5.74, 6) is 1.98. The predicted molar refractivity (Wildman–Crippen MR) is 86.1 cm³/mol. The molecule has 0 radical (unpaired) electrons. The number of nitrogens with one attached hydrogen (secondary N) is 1. The SMILES string of the molecule is CCC1CCCN(c2ccc(CNC(C)(C)C)cn2)C1. The Labute approximate surface area is 123 Å². The van der Waals surface area contributed by atoms with E-state index in [1.807, 2.05) is 6.20 Å². The van der Waals surface area contributed by atoms with E-state index < -0.39 is 0 Å². The molecule has 1 aliphatic rings. The molecular formula is C17H29N3. The summed E-state index contributed by atoms with van der Waals surface area (Å²) in [6.07, 6.45) is 5.97. The first-order chi connectivity index (χ1) is 9.48. The molecule has 1 aromatic heterocycles. The van der Waals surface area contributed by atoms with Crippen LogP contribution in [0.4, 0.5) is 5.82 Å². The highest BCUT2D eigenvalue weighted by Gasteiger charge is 2.19. The van der Waals surface area contributed by atoms with Crippen LogP contribution in [0.1, 0.15) is 52.5 Å². The van der Waals surface area contributed by atoms with Crippen molar-refractivity contribution in [3.63, 3.8) is 0 Å². The Bertz CT molecular complexity index is 405. The Hall–Kier alpha value is -1.09. The zero-order chi connectivity index (χ0) is 14.6. The molecule has 0 aromatic carbocycles. The smallest absolute Gasteiger partial charge is 0.128 e. The average molecular weight is 275 g/mol. The van der Waals surface area contributed by atoms with E-state index >= 15 is 0 Å². The lowest BCUT2D eigenvalue weighted by atomic mass is 9.96. The third-order valence-electron chi connectivity index (χ3n) is 4.05. The van der Waals surface area contributed by atoms with Gasteiger partial charge in [0.15, 0.2) is 0 Å². The number of nitrogens with zero attached hydrogens (tertiary/aromatic N) is 2. The van der Waals surface area contributed by atoms with E-state index in [0.29, 0.717) is 0 Å². The second kappa shape index (κ2) is 6.57. The van der Waals surface area contributed by atoms with E-state index in [0.717, 1.165) is 24.8 Å². The monoisotopic (exact) mass is 275 g/mol. The summed E-state index contributed by atoms with van der Waals surface area (Å²) in [5, 5.41) is 3.50. The molecule has 20 heavy (non-hydrogen) atoms. The molecule has 0 aliphatic carbocycles. The summed E-state index contributed by atoms with van der Waals surface area (Å²) < 4.78 is 0. The van der Waals surface area contributed by atoms with Crippen LogP contribution >= 0.6 is 0 Å². The average Bonchev–Trinajstić information content (AvgIpc) is 2.45. The molecule has 1 N–H and O–H groups in total. The molecule has 1 aromatic rings. The molecule has 2 rings (SSSR count). The van der Waals surface area contributed by atoms with Crippen LogP contribution in [0.5, 0.6) is 0 Å². The summed E-state index contributed by atoms with van der Waals surface area (Å²) in [6, 6.07) is 4.38. The first kappa shape index (κ1) is 15.3. The normalized spacial score (nSPS) is 20.2. The molecule has 1 aliphatic heterocycles. The number of hydrogen-bond acceptors (Lipinski definition) is 3. The second-order valence-corrected chi connectivity index (χ2v) is 6.99. The largest absolute Gasteiger partial charge is 0.356 e. The molecule has 3 nitrogen and oxygen atoms in total. The van der Waals surface area contributed by atoms with E-state index in [1.54, 1.807) is 0 Å². The van der Waals surface area contributed by atoms with E-state index in [1.165, 1.54) is 31.4 Å².